The van der Waals surface area contributed by atoms with Crippen molar-refractivity contribution in [2.75, 3.05) is 17.2 Å². The van der Waals surface area contributed by atoms with Gasteiger partial charge in [-0.2, -0.15) is 11.8 Å². The Bertz CT molecular complexity index is 383. The van der Waals surface area contributed by atoms with Gasteiger partial charge >= 0.3 is 0 Å². The van der Waals surface area contributed by atoms with Crippen LogP contribution in [0.1, 0.15) is 32.4 Å². The van der Waals surface area contributed by atoms with E-state index in [1.54, 1.807) is 13.1 Å². The molecule has 3 nitrogen and oxygen atoms in total. The van der Waals surface area contributed by atoms with Crippen LogP contribution in [0.4, 0.5) is 5.82 Å². The standard InChI is InChI=1S/C13H20N2OS/c1-9-11(3)17-8-7-15(9)13-12(10(2)16)5-4-6-14-13/h4-6,9-11,16H,7-8H2,1-3H3. The molecule has 17 heavy (non-hydrogen) atoms. The van der Waals surface area contributed by atoms with Crippen molar-refractivity contribution >= 4 is 17.6 Å². The molecule has 0 amide bonds. The maximum atomic E-state index is 9.82. The Kier molecular flexibility index (Phi) is 3.94. The molecule has 1 aromatic heterocycles. The third kappa shape index (κ3) is 2.58. The lowest BCUT2D eigenvalue weighted by Crippen LogP contribution is -2.45. The molecule has 2 heterocycles. The van der Waals surface area contributed by atoms with E-state index in [1.165, 1.54) is 0 Å². The van der Waals surface area contributed by atoms with Gasteiger partial charge in [0.2, 0.25) is 0 Å². The van der Waals surface area contributed by atoms with Crippen LogP contribution >= 0.6 is 11.8 Å². The van der Waals surface area contributed by atoms with E-state index in [9.17, 15) is 5.11 Å². The second kappa shape index (κ2) is 5.27. The van der Waals surface area contributed by atoms with Gasteiger partial charge in [-0.1, -0.05) is 13.0 Å². The zero-order valence-corrected chi connectivity index (χ0v) is 11.4. The number of hydrogen-bond donors (Lipinski definition) is 1. The maximum Gasteiger partial charge on any atom is 0.134 e. The van der Waals surface area contributed by atoms with Gasteiger partial charge in [-0.3, -0.25) is 0 Å². The normalized spacial score (nSPS) is 26.9. The molecule has 94 valence electrons. The first-order valence-corrected chi connectivity index (χ1v) is 7.17. The maximum absolute atomic E-state index is 9.82. The number of thioether (sulfide) groups is 1. The van der Waals surface area contributed by atoms with Crippen LogP contribution < -0.4 is 4.90 Å². The number of anilines is 1. The molecule has 1 aliphatic heterocycles. The van der Waals surface area contributed by atoms with Gasteiger partial charge in [0, 0.05) is 35.3 Å². The topological polar surface area (TPSA) is 36.4 Å². The summed E-state index contributed by atoms with van der Waals surface area (Å²) in [5.74, 6) is 2.07. The van der Waals surface area contributed by atoms with Gasteiger partial charge in [-0.25, -0.2) is 4.98 Å². The SMILES string of the molecule is CC(O)c1cccnc1N1CCSC(C)C1C. The molecule has 4 heteroatoms. The smallest absolute Gasteiger partial charge is 0.134 e. The molecule has 0 aromatic carbocycles. The molecule has 1 fully saturated rings. The minimum atomic E-state index is -0.462. The van der Waals surface area contributed by atoms with Crippen LogP contribution in [0, 0.1) is 0 Å². The van der Waals surface area contributed by atoms with Crippen molar-refractivity contribution in [1.82, 2.24) is 4.98 Å². The quantitative estimate of drug-likeness (QED) is 0.877. The molecule has 1 saturated heterocycles. The summed E-state index contributed by atoms with van der Waals surface area (Å²) in [4.78, 5) is 6.79. The van der Waals surface area contributed by atoms with E-state index in [4.69, 9.17) is 0 Å². The Balaban J connectivity index is 2.32. The van der Waals surface area contributed by atoms with E-state index in [0.29, 0.717) is 11.3 Å². The highest BCUT2D eigenvalue weighted by Gasteiger charge is 2.28. The van der Waals surface area contributed by atoms with E-state index < -0.39 is 6.10 Å². The van der Waals surface area contributed by atoms with E-state index in [2.05, 4.69) is 23.7 Å². The van der Waals surface area contributed by atoms with Gasteiger partial charge < -0.3 is 10.0 Å². The summed E-state index contributed by atoms with van der Waals surface area (Å²) in [6.45, 7) is 7.30. The minimum absolute atomic E-state index is 0.459. The van der Waals surface area contributed by atoms with Gasteiger partial charge in [0.15, 0.2) is 0 Å². The summed E-state index contributed by atoms with van der Waals surface area (Å²) in [7, 11) is 0. The summed E-state index contributed by atoms with van der Waals surface area (Å²) < 4.78 is 0. The van der Waals surface area contributed by atoms with Crippen LogP contribution in [0.25, 0.3) is 0 Å². The monoisotopic (exact) mass is 252 g/mol. The van der Waals surface area contributed by atoms with Crippen LogP contribution in [0.5, 0.6) is 0 Å². The average molecular weight is 252 g/mol. The number of hydrogen-bond acceptors (Lipinski definition) is 4. The fourth-order valence-electron chi connectivity index (χ4n) is 2.21. The van der Waals surface area contributed by atoms with Gasteiger partial charge in [-0.05, 0) is 19.9 Å². The summed E-state index contributed by atoms with van der Waals surface area (Å²) >= 11 is 2.01. The summed E-state index contributed by atoms with van der Waals surface area (Å²) in [6.07, 6.45) is 1.34. The first kappa shape index (κ1) is 12.7. The van der Waals surface area contributed by atoms with Crippen LogP contribution in [0.2, 0.25) is 0 Å². The number of aliphatic hydroxyl groups excluding tert-OH is 1. The lowest BCUT2D eigenvalue weighted by atomic mass is 10.1. The molecule has 3 atom stereocenters. The van der Waals surface area contributed by atoms with Crippen LogP contribution in [0.15, 0.2) is 18.3 Å². The molecular weight excluding hydrogens is 232 g/mol. The Hall–Kier alpha value is -0.740. The van der Waals surface area contributed by atoms with Crippen molar-refractivity contribution in [3.63, 3.8) is 0 Å². The second-order valence-electron chi connectivity index (χ2n) is 4.60. The molecule has 1 N–H and O–H groups in total. The fraction of sp³-hybridized carbons (Fsp3) is 0.615. The zero-order valence-electron chi connectivity index (χ0n) is 10.6. The van der Waals surface area contributed by atoms with Crippen LogP contribution in [0.3, 0.4) is 0 Å². The number of rotatable bonds is 2. The minimum Gasteiger partial charge on any atom is -0.389 e. The molecule has 0 spiro atoms. The summed E-state index contributed by atoms with van der Waals surface area (Å²) in [5, 5.41) is 10.4. The molecule has 1 aliphatic rings. The largest absolute Gasteiger partial charge is 0.389 e. The first-order valence-electron chi connectivity index (χ1n) is 6.12. The van der Waals surface area contributed by atoms with Gasteiger partial charge in [0.25, 0.3) is 0 Å². The van der Waals surface area contributed by atoms with Crippen molar-refractivity contribution in [1.29, 1.82) is 0 Å². The fourth-order valence-corrected chi connectivity index (χ4v) is 3.31. The highest BCUT2D eigenvalue weighted by atomic mass is 32.2. The first-order chi connectivity index (χ1) is 8.11. The predicted molar refractivity (Wildman–Crippen MR) is 73.6 cm³/mol. The van der Waals surface area contributed by atoms with Gasteiger partial charge in [0.05, 0.1) is 6.10 Å². The Morgan fingerprint density at radius 1 is 1.53 bits per heavy atom. The van der Waals surface area contributed by atoms with Gasteiger partial charge in [-0.15, -0.1) is 0 Å². The molecule has 0 saturated carbocycles. The highest BCUT2D eigenvalue weighted by Crippen LogP contribution is 2.31. The third-order valence-electron chi connectivity index (χ3n) is 3.42. The lowest BCUT2D eigenvalue weighted by molar-refractivity contribution is 0.199. The lowest BCUT2D eigenvalue weighted by Gasteiger charge is -2.39. The van der Waals surface area contributed by atoms with Gasteiger partial charge in [0.1, 0.15) is 5.82 Å². The zero-order chi connectivity index (χ0) is 12.4. The van der Waals surface area contributed by atoms with Crippen LogP contribution in [-0.4, -0.2) is 33.7 Å². The molecule has 0 bridgehead atoms. The average Bonchev–Trinajstić information content (AvgIpc) is 2.33. The van der Waals surface area contributed by atoms with Crippen molar-refractivity contribution in [3.05, 3.63) is 23.9 Å². The molecule has 1 aromatic rings. The summed E-state index contributed by atoms with van der Waals surface area (Å²) in [5.41, 5.74) is 0.929. The Morgan fingerprint density at radius 3 is 3.00 bits per heavy atom. The highest BCUT2D eigenvalue weighted by molar-refractivity contribution is 8.00. The third-order valence-corrected chi connectivity index (χ3v) is 4.76. The number of pyridine rings is 1. The van der Waals surface area contributed by atoms with Crippen molar-refractivity contribution in [2.24, 2.45) is 0 Å². The van der Waals surface area contributed by atoms with E-state index in [1.807, 2.05) is 23.9 Å². The number of aromatic nitrogens is 1. The molecule has 0 aliphatic carbocycles. The van der Waals surface area contributed by atoms with Crippen molar-refractivity contribution in [2.45, 2.75) is 38.2 Å². The van der Waals surface area contributed by atoms with E-state index >= 15 is 0 Å². The van der Waals surface area contributed by atoms with Crippen LogP contribution in [-0.2, 0) is 0 Å². The Labute approximate surface area is 107 Å². The van der Waals surface area contributed by atoms with Crippen molar-refractivity contribution < 1.29 is 5.11 Å². The van der Waals surface area contributed by atoms with E-state index in [0.717, 1.165) is 23.7 Å². The van der Waals surface area contributed by atoms with E-state index in [-0.39, 0.29) is 0 Å². The Morgan fingerprint density at radius 2 is 2.29 bits per heavy atom. The molecular formula is C13H20N2OS. The molecule has 2 rings (SSSR count). The second-order valence-corrected chi connectivity index (χ2v) is 6.09. The van der Waals surface area contributed by atoms with Crippen molar-refractivity contribution in [3.8, 4) is 0 Å². The molecule has 0 radical (unpaired) electrons. The predicted octanol–water partition coefficient (Wildman–Crippen LogP) is 2.47. The molecule has 3 unspecified atom stereocenters. The number of aliphatic hydroxyl groups is 1. The number of nitrogens with zero attached hydrogens (tertiary/aromatic N) is 2. The summed E-state index contributed by atoms with van der Waals surface area (Å²) in [6, 6.07) is 4.31.